The summed E-state index contributed by atoms with van der Waals surface area (Å²) < 4.78 is 0. The molecule has 34 heavy (non-hydrogen) atoms. The highest BCUT2D eigenvalue weighted by Gasteiger charge is 2.71. The second-order valence-corrected chi connectivity index (χ2v) is 15.1. The molecule has 4 heteroatoms. The van der Waals surface area contributed by atoms with Gasteiger partial charge < -0.3 is 15.3 Å². The molecule has 0 saturated heterocycles. The van der Waals surface area contributed by atoms with Crippen molar-refractivity contribution in [2.24, 2.45) is 45.3 Å². The van der Waals surface area contributed by atoms with E-state index in [0.29, 0.717) is 36.9 Å². The molecule has 9 atom stereocenters. The van der Waals surface area contributed by atoms with Gasteiger partial charge in [-0.2, -0.15) is 0 Å². The third-order valence-electron chi connectivity index (χ3n) is 12.4. The Hall–Kier alpha value is -0.450. The number of aliphatic hydroxyl groups excluding tert-OH is 1. The van der Waals surface area contributed by atoms with E-state index >= 15 is 0 Å². The standard InChI is InChI=1S/C30H52O4/c1-25(2,33)13-9-14-30(8,34)19-10-16-29(7)24(19)20(31)18-22-27(5)15-12-23(32)26(3,4)21(27)11-17-28(22,29)6/h19-22,24,31,33-34H,9-18H2,1-8H3/t19-,20+,21-,22+,24-,27-,28+,29+,30+/m0/s1. The molecule has 0 amide bonds. The summed E-state index contributed by atoms with van der Waals surface area (Å²) >= 11 is 0. The van der Waals surface area contributed by atoms with Gasteiger partial charge in [0.05, 0.1) is 17.3 Å². The van der Waals surface area contributed by atoms with Crippen molar-refractivity contribution in [3.05, 3.63) is 0 Å². The maximum absolute atomic E-state index is 12.9. The van der Waals surface area contributed by atoms with Crippen molar-refractivity contribution in [1.82, 2.24) is 0 Å². The van der Waals surface area contributed by atoms with Crippen molar-refractivity contribution in [2.45, 2.75) is 137 Å². The number of Topliss-reactive ketones (excluding diaryl/α,β-unsaturated/α-hetero) is 1. The number of hydrogen-bond acceptors (Lipinski definition) is 4. The third-order valence-corrected chi connectivity index (χ3v) is 12.4. The minimum atomic E-state index is -0.835. The first-order valence-electron chi connectivity index (χ1n) is 14.1. The molecule has 0 spiro atoms. The number of fused-ring (bicyclic) bond motifs is 5. The Labute approximate surface area is 208 Å². The summed E-state index contributed by atoms with van der Waals surface area (Å²) in [7, 11) is 0. The van der Waals surface area contributed by atoms with Crippen molar-refractivity contribution in [3.63, 3.8) is 0 Å². The first-order chi connectivity index (χ1) is 15.4. The first kappa shape index (κ1) is 26.6. The molecule has 4 fully saturated rings. The summed E-state index contributed by atoms with van der Waals surface area (Å²) in [5.41, 5.74) is -1.66. The number of carbonyl (C=O) groups is 1. The zero-order valence-corrected chi connectivity index (χ0v) is 23.2. The molecule has 4 nitrogen and oxygen atoms in total. The summed E-state index contributed by atoms with van der Waals surface area (Å²) in [6, 6.07) is 0. The predicted octanol–water partition coefficient (Wildman–Crippen LogP) is 5.90. The Morgan fingerprint density at radius 2 is 1.50 bits per heavy atom. The molecule has 0 bridgehead atoms. The van der Waals surface area contributed by atoms with Crippen LogP contribution in [0.15, 0.2) is 0 Å². The fourth-order valence-electron chi connectivity index (χ4n) is 10.3. The summed E-state index contributed by atoms with van der Waals surface area (Å²) in [5.74, 6) is 1.39. The van der Waals surface area contributed by atoms with Crippen molar-refractivity contribution in [3.8, 4) is 0 Å². The van der Waals surface area contributed by atoms with Gasteiger partial charge >= 0.3 is 0 Å². The molecular formula is C30H52O4. The van der Waals surface area contributed by atoms with Crippen LogP contribution in [0.2, 0.25) is 0 Å². The molecule has 196 valence electrons. The van der Waals surface area contributed by atoms with Crippen LogP contribution in [0.1, 0.15) is 120 Å². The highest BCUT2D eigenvalue weighted by atomic mass is 16.3. The van der Waals surface area contributed by atoms with E-state index in [-0.39, 0.29) is 33.5 Å². The maximum atomic E-state index is 12.9. The van der Waals surface area contributed by atoms with Crippen LogP contribution < -0.4 is 0 Å². The molecule has 4 aliphatic rings. The maximum Gasteiger partial charge on any atom is 0.138 e. The lowest BCUT2D eigenvalue weighted by atomic mass is 9.35. The largest absolute Gasteiger partial charge is 0.393 e. The van der Waals surface area contributed by atoms with Gasteiger partial charge in [0.15, 0.2) is 0 Å². The van der Waals surface area contributed by atoms with E-state index in [4.69, 9.17) is 0 Å². The van der Waals surface area contributed by atoms with Crippen LogP contribution in [0.4, 0.5) is 0 Å². The molecule has 0 heterocycles. The van der Waals surface area contributed by atoms with Crippen molar-refractivity contribution < 1.29 is 20.1 Å². The third kappa shape index (κ3) is 3.76. The lowest BCUT2D eigenvalue weighted by Gasteiger charge is -2.69. The Kier molecular flexibility index (Phi) is 6.28. The molecule has 0 aromatic carbocycles. The lowest BCUT2D eigenvalue weighted by Crippen LogP contribution is -2.66. The number of aliphatic hydroxyl groups is 3. The molecule has 3 N–H and O–H groups in total. The zero-order chi connectivity index (χ0) is 25.5. The molecule has 4 rings (SSSR count). The topological polar surface area (TPSA) is 77.8 Å². The predicted molar refractivity (Wildman–Crippen MR) is 136 cm³/mol. The minimum Gasteiger partial charge on any atom is -0.393 e. The van der Waals surface area contributed by atoms with E-state index < -0.39 is 17.3 Å². The van der Waals surface area contributed by atoms with Crippen molar-refractivity contribution in [1.29, 1.82) is 0 Å². The molecule has 4 saturated carbocycles. The van der Waals surface area contributed by atoms with Gasteiger partial charge in [-0.3, -0.25) is 4.79 Å². The Balaban J connectivity index is 1.63. The molecule has 0 aromatic rings. The molecule has 0 radical (unpaired) electrons. The summed E-state index contributed by atoms with van der Waals surface area (Å²) in [4.78, 5) is 12.9. The Morgan fingerprint density at radius 1 is 0.882 bits per heavy atom. The van der Waals surface area contributed by atoms with Gasteiger partial charge in [0.1, 0.15) is 5.78 Å². The van der Waals surface area contributed by atoms with Gasteiger partial charge in [0, 0.05) is 11.8 Å². The average molecular weight is 477 g/mol. The monoisotopic (exact) mass is 476 g/mol. The van der Waals surface area contributed by atoms with E-state index in [1.165, 1.54) is 0 Å². The minimum absolute atomic E-state index is 0.0141. The van der Waals surface area contributed by atoms with Crippen molar-refractivity contribution >= 4 is 5.78 Å². The van der Waals surface area contributed by atoms with Gasteiger partial charge in [-0.25, -0.2) is 0 Å². The molecule has 0 unspecified atom stereocenters. The number of hydrogen-bond donors (Lipinski definition) is 3. The lowest BCUT2D eigenvalue weighted by molar-refractivity contribution is -0.232. The van der Waals surface area contributed by atoms with Crippen molar-refractivity contribution in [2.75, 3.05) is 0 Å². The van der Waals surface area contributed by atoms with Crippen LogP contribution >= 0.6 is 0 Å². The van der Waals surface area contributed by atoms with Crippen LogP contribution in [-0.2, 0) is 4.79 Å². The smallest absolute Gasteiger partial charge is 0.138 e. The van der Waals surface area contributed by atoms with Crippen LogP contribution in [0.3, 0.4) is 0 Å². The number of ketones is 1. The zero-order valence-electron chi connectivity index (χ0n) is 23.2. The highest BCUT2D eigenvalue weighted by Crippen LogP contribution is 2.75. The fraction of sp³-hybridized carbons (Fsp3) is 0.967. The Bertz CT molecular complexity index is 809. The fourth-order valence-corrected chi connectivity index (χ4v) is 10.3. The quantitative estimate of drug-likeness (QED) is 0.461. The van der Waals surface area contributed by atoms with Crippen LogP contribution in [0, 0.1) is 45.3 Å². The molecule has 0 aliphatic heterocycles. The van der Waals surface area contributed by atoms with E-state index in [1.807, 2.05) is 20.8 Å². The van der Waals surface area contributed by atoms with Gasteiger partial charge in [-0.05, 0) is 118 Å². The first-order valence-corrected chi connectivity index (χ1v) is 14.1. The van der Waals surface area contributed by atoms with E-state index in [0.717, 1.165) is 44.9 Å². The molecule has 4 aliphatic carbocycles. The van der Waals surface area contributed by atoms with Gasteiger partial charge in [0.2, 0.25) is 0 Å². The van der Waals surface area contributed by atoms with Crippen LogP contribution in [-0.4, -0.2) is 38.4 Å². The summed E-state index contributed by atoms with van der Waals surface area (Å²) in [6.45, 7) is 17.3. The number of rotatable bonds is 5. The van der Waals surface area contributed by atoms with Crippen LogP contribution in [0.25, 0.3) is 0 Å². The van der Waals surface area contributed by atoms with E-state index in [1.54, 1.807) is 0 Å². The highest BCUT2D eigenvalue weighted by molar-refractivity contribution is 5.85. The SMILES string of the molecule is CC(C)(O)CCC[C@@](C)(O)[C@H]1CC[C@]2(C)[C@@H]1[C@H](O)C[C@@H]1[C@@]3(C)CCC(=O)C(C)(C)[C@@H]3CC[C@]12C. The molecule has 0 aromatic heterocycles. The second-order valence-electron chi connectivity index (χ2n) is 15.1. The summed E-state index contributed by atoms with van der Waals surface area (Å²) in [6.07, 6.45) is 8.35. The van der Waals surface area contributed by atoms with Gasteiger partial charge in [-0.1, -0.05) is 34.6 Å². The average Bonchev–Trinajstić information content (AvgIpc) is 3.07. The number of carbonyl (C=O) groups excluding carboxylic acids is 1. The summed E-state index contributed by atoms with van der Waals surface area (Å²) in [5, 5.41) is 33.6. The second kappa shape index (κ2) is 8.02. The van der Waals surface area contributed by atoms with Gasteiger partial charge in [-0.15, -0.1) is 0 Å². The normalized spacial score (nSPS) is 48.0. The van der Waals surface area contributed by atoms with E-state index in [9.17, 15) is 20.1 Å². The Morgan fingerprint density at radius 3 is 2.12 bits per heavy atom. The molecular weight excluding hydrogens is 424 g/mol. The van der Waals surface area contributed by atoms with E-state index in [2.05, 4.69) is 34.6 Å². The van der Waals surface area contributed by atoms with Crippen LogP contribution in [0.5, 0.6) is 0 Å². The van der Waals surface area contributed by atoms with Gasteiger partial charge in [0.25, 0.3) is 0 Å².